The summed E-state index contributed by atoms with van der Waals surface area (Å²) in [6, 6.07) is 0. The van der Waals surface area contributed by atoms with Crippen LogP contribution in [0.3, 0.4) is 0 Å². The van der Waals surface area contributed by atoms with E-state index in [1.165, 1.54) is 0 Å². The third-order valence-corrected chi connectivity index (χ3v) is 2.20. The van der Waals surface area contributed by atoms with Gasteiger partial charge in [0.2, 0.25) is 5.91 Å². The minimum absolute atomic E-state index is 0. The molecular formula is C8H18ClN3O2. The Morgan fingerprint density at radius 3 is 2.50 bits per heavy atom. The summed E-state index contributed by atoms with van der Waals surface area (Å²) in [4.78, 5) is 12.6. The molecule has 1 amide bonds. The van der Waals surface area contributed by atoms with Gasteiger partial charge in [-0.2, -0.15) is 0 Å². The summed E-state index contributed by atoms with van der Waals surface area (Å²) in [6.07, 6.45) is 0.935. The van der Waals surface area contributed by atoms with Crippen LogP contribution in [-0.2, 0) is 9.53 Å². The number of carbonyl (C=O) groups is 1. The van der Waals surface area contributed by atoms with Gasteiger partial charge in [-0.05, 0) is 6.42 Å². The molecule has 14 heavy (non-hydrogen) atoms. The van der Waals surface area contributed by atoms with Gasteiger partial charge in [-0.15, -0.1) is 12.4 Å². The van der Waals surface area contributed by atoms with Gasteiger partial charge >= 0.3 is 0 Å². The van der Waals surface area contributed by atoms with E-state index in [1.54, 1.807) is 0 Å². The van der Waals surface area contributed by atoms with Gasteiger partial charge in [-0.1, -0.05) is 0 Å². The van der Waals surface area contributed by atoms with Crippen molar-refractivity contribution in [2.45, 2.75) is 19.0 Å². The maximum Gasteiger partial charge on any atom is 0.217 e. The van der Waals surface area contributed by atoms with Gasteiger partial charge < -0.3 is 16.2 Å². The molecule has 1 aliphatic heterocycles. The molecule has 0 radical (unpaired) electrons. The summed E-state index contributed by atoms with van der Waals surface area (Å²) < 4.78 is 5.19. The monoisotopic (exact) mass is 223 g/mol. The molecule has 6 heteroatoms. The molecule has 1 aliphatic rings. The third-order valence-electron chi connectivity index (χ3n) is 2.20. The first kappa shape index (κ1) is 13.6. The molecule has 0 saturated carbocycles. The first-order chi connectivity index (χ1) is 6.20. The van der Waals surface area contributed by atoms with E-state index >= 15 is 0 Å². The molecule has 1 unspecified atom stereocenters. The lowest BCUT2D eigenvalue weighted by atomic mass is 10.2. The van der Waals surface area contributed by atoms with E-state index < -0.39 is 0 Å². The standard InChI is InChI=1S/C8H17N3O2.ClH/c9-7(1-2-8(10)12)11-3-5-13-6-4-11;/h7H,1-6,9H2,(H2,10,12);1H. The smallest absolute Gasteiger partial charge is 0.217 e. The zero-order chi connectivity index (χ0) is 9.68. The van der Waals surface area contributed by atoms with Crippen LogP contribution in [0, 0.1) is 0 Å². The number of amides is 1. The van der Waals surface area contributed by atoms with Crippen molar-refractivity contribution >= 4 is 18.3 Å². The zero-order valence-electron chi connectivity index (χ0n) is 8.15. The van der Waals surface area contributed by atoms with Crippen LogP contribution in [0.1, 0.15) is 12.8 Å². The molecule has 1 saturated heterocycles. The Labute approximate surface area is 90.2 Å². The predicted octanol–water partition coefficient (Wildman–Crippen LogP) is -0.709. The molecule has 0 aliphatic carbocycles. The summed E-state index contributed by atoms with van der Waals surface area (Å²) in [5.74, 6) is -0.288. The quantitative estimate of drug-likeness (QED) is 0.660. The SMILES string of the molecule is Cl.NC(=O)CCC(N)N1CCOCC1. The zero-order valence-corrected chi connectivity index (χ0v) is 8.96. The second kappa shape index (κ2) is 7.00. The number of hydrogen-bond acceptors (Lipinski definition) is 4. The third kappa shape index (κ3) is 4.76. The van der Waals surface area contributed by atoms with E-state index in [4.69, 9.17) is 16.2 Å². The van der Waals surface area contributed by atoms with Gasteiger partial charge in [0, 0.05) is 19.5 Å². The maximum absolute atomic E-state index is 10.5. The average Bonchev–Trinajstić information content (AvgIpc) is 2.15. The van der Waals surface area contributed by atoms with E-state index in [0.29, 0.717) is 12.8 Å². The number of nitrogens with two attached hydrogens (primary N) is 2. The molecule has 1 heterocycles. The normalized spacial score (nSPS) is 19.8. The van der Waals surface area contributed by atoms with Gasteiger partial charge in [0.1, 0.15) is 0 Å². The van der Waals surface area contributed by atoms with Crippen LogP contribution in [-0.4, -0.2) is 43.3 Å². The Bertz CT molecular complexity index is 174. The Morgan fingerprint density at radius 2 is 2.00 bits per heavy atom. The molecule has 84 valence electrons. The van der Waals surface area contributed by atoms with Crippen LogP contribution >= 0.6 is 12.4 Å². The predicted molar refractivity (Wildman–Crippen MR) is 56.0 cm³/mol. The largest absolute Gasteiger partial charge is 0.379 e. The first-order valence-corrected chi connectivity index (χ1v) is 4.56. The van der Waals surface area contributed by atoms with Gasteiger partial charge in [0.25, 0.3) is 0 Å². The number of primary amides is 1. The van der Waals surface area contributed by atoms with Crippen LogP contribution in [0.4, 0.5) is 0 Å². The molecular weight excluding hydrogens is 206 g/mol. The number of carbonyl (C=O) groups excluding carboxylic acids is 1. The highest BCUT2D eigenvalue weighted by molar-refractivity contribution is 5.85. The molecule has 0 bridgehead atoms. The van der Waals surface area contributed by atoms with Gasteiger partial charge in [-0.3, -0.25) is 9.69 Å². The number of rotatable bonds is 4. The van der Waals surface area contributed by atoms with Crippen molar-refractivity contribution < 1.29 is 9.53 Å². The highest BCUT2D eigenvalue weighted by Crippen LogP contribution is 2.04. The molecule has 4 N–H and O–H groups in total. The van der Waals surface area contributed by atoms with Gasteiger partial charge in [0.15, 0.2) is 0 Å². The van der Waals surface area contributed by atoms with Crippen LogP contribution in [0.5, 0.6) is 0 Å². The number of nitrogens with zero attached hydrogens (tertiary/aromatic N) is 1. The fourth-order valence-electron chi connectivity index (χ4n) is 1.38. The van der Waals surface area contributed by atoms with E-state index in [0.717, 1.165) is 26.3 Å². The summed E-state index contributed by atoms with van der Waals surface area (Å²) >= 11 is 0. The first-order valence-electron chi connectivity index (χ1n) is 4.56. The van der Waals surface area contributed by atoms with E-state index in [-0.39, 0.29) is 24.5 Å². The van der Waals surface area contributed by atoms with Crippen molar-refractivity contribution in [3.05, 3.63) is 0 Å². The number of hydrogen-bond donors (Lipinski definition) is 2. The number of morpholine rings is 1. The molecule has 0 aromatic rings. The summed E-state index contributed by atoms with van der Waals surface area (Å²) in [6.45, 7) is 3.15. The molecule has 5 nitrogen and oxygen atoms in total. The van der Waals surface area contributed by atoms with E-state index in [1.807, 2.05) is 0 Å². The van der Waals surface area contributed by atoms with Crippen LogP contribution < -0.4 is 11.5 Å². The van der Waals surface area contributed by atoms with Crippen molar-refractivity contribution in [1.82, 2.24) is 4.90 Å². The van der Waals surface area contributed by atoms with Crippen molar-refractivity contribution in [2.24, 2.45) is 11.5 Å². The lowest BCUT2D eigenvalue weighted by molar-refractivity contribution is -0.118. The minimum Gasteiger partial charge on any atom is -0.379 e. The minimum atomic E-state index is -0.288. The Balaban J connectivity index is 0.00000169. The fourth-order valence-corrected chi connectivity index (χ4v) is 1.38. The van der Waals surface area contributed by atoms with Crippen LogP contribution in [0.25, 0.3) is 0 Å². The topological polar surface area (TPSA) is 81.6 Å². The highest BCUT2D eigenvalue weighted by atomic mass is 35.5. The van der Waals surface area contributed by atoms with E-state index in [9.17, 15) is 4.79 Å². The molecule has 1 rings (SSSR count). The summed E-state index contributed by atoms with van der Waals surface area (Å²) in [5, 5.41) is 0. The molecule has 0 spiro atoms. The van der Waals surface area contributed by atoms with Gasteiger partial charge in [-0.25, -0.2) is 0 Å². The second-order valence-corrected chi connectivity index (χ2v) is 3.22. The Morgan fingerprint density at radius 1 is 1.43 bits per heavy atom. The lowest BCUT2D eigenvalue weighted by Crippen LogP contribution is -2.48. The van der Waals surface area contributed by atoms with Crippen molar-refractivity contribution in [2.75, 3.05) is 26.3 Å². The van der Waals surface area contributed by atoms with Crippen molar-refractivity contribution in [1.29, 1.82) is 0 Å². The molecule has 1 fully saturated rings. The average molecular weight is 224 g/mol. The van der Waals surface area contributed by atoms with Gasteiger partial charge in [0.05, 0.1) is 19.4 Å². The van der Waals surface area contributed by atoms with Crippen molar-refractivity contribution in [3.63, 3.8) is 0 Å². The Hall–Kier alpha value is -0.360. The summed E-state index contributed by atoms with van der Waals surface area (Å²) in [7, 11) is 0. The van der Waals surface area contributed by atoms with Crippen LogP contribution in [0.15, 0.2) is 0 Å². The molecule has 1 atom stereocenters. The highest BCUT2D eigenvalue weighted by Gasteiger charge is 2.17. The van der Waals surface area contributed by atoms with Crippen molar-refractivity contribution in [3.8, 4) is 0 Å². The second-order valence-electron chi connectivity index (χ2n) is 3.22. The lowest BCUT2D eigenvalue weighted by Gasteiger charge is -2.31. The van der Waals surface area contributed by atoms with E-state index in [2.05, 4.69) is 4.90 Å². The Kier molecular flexibility index (Phi) is 6.82. The molecule has 0 aromatic heterocycles. The maximum atomic E-state index is 10.5. The summed E-state index contributed by atoms with van der Waals surface area (Å²) in [5.41, 5.74) is 10.9. The fraction of sp³-hybridized carbons (Fsp3) is 0.875. The molecule has 0 aromatic carbocycles. The van der Waals surface area contributed by atoms with Crippen LogP contribution in [0.2, 0.25) is 0 Å². The number of halogens is 1. The number of ether oxygens (including phenoxy) is 1.